The van der Waals surface area contributed by atoms with Crippen LogP contribution in [0.1, 0.15) is 18.9 Å². The summed E-state index contributed by atoms with van der Waals surface area (Å²) in [6, 6.07) is 10.9. The van der Waals surface area contributed by atoms with Gasteiger partial charge in [-0.25, -0.2) is 4.98 Å². The van der Waals surface area contributed by atoms with Crippen LogP contribution in [0.15, 0.2) is 64.3 Å². The number of ether oxygens (including phenoxy) is 1. The Labute approximate surface area is 183 Å². The SMILES string of the molecule is CCOC(=O)CCN(Cc1cccnc1)C(=O)Cn1cnc2c(oc3ccccc32)c1=O. The predicted octanol–water partition coefficient (Wildman–Crippen LogP) is 2.52. The first-order chi connectivity index (χ1) is 15.6. The normalized spacial score (nSPS) is 11.0. The highest BCUT2D eigenvalue weighted by molar-refractivity contribution is 6.01. The number of aromatic nitrogens is 3. The van der Waals surface area contributed by atoms with Gasteiger partial charge in [0, 0.05) is 30.9 Å². The highest BCUT2D eigenvalue weighted by atomic mass is 16.5. The van der Waals surface area contributed by atoms with Crippen LogP contribution < -0.4 is 5.56 Å². The molecule has 0 bridgehead atoms. The molecule has 9 heteroatoms. The number of esters is 1. The number of hydrogen-bond donors (Lipinski definition) is 0. The number of hydrogen-bond acceptors (Lipinski definition) is 7. The molecule has 164 valence electrons. The van der Waals surface area contributed by atoms with Crippen LogP contribution in [0.25, 0.3) is 22.1 Å². The van der Waals surface area contributed by atoms with Gasteiger partial charge in [-0.1, -0.05) is 18.2 Å². The molecule has 1 amide bonds. The van der Waals surface area contributed by atoms with Gasteiger partial charge in [-0.2, -0.15) is 0 Å². The minimum atomic E-state index is -0.439. The topological polar surface area (TPSA) is 108 Å². The molecule has 0 unspecified atom stereocenters. The fourth-order valence-corrected chi connectivity index (χ4v) is 3.44. The molecule has 0 saturated heterocycles. The Morgan fingerprint density at radius 2 is 2.03 bits per heavy atom. The number of pyridine rings is 1. The van der Waals surface area contributed by atoms with Crippen LogP contribution in [0, 0.1) is 0 Å². The average Bonchev–Trinajstić information content (AvgIpc) is 3.19. The summed E-state index contributed by atoms with van der Waals surface area (Å²) in [7, 11) is 0. The van der Waals surface area contributed by atoms with Crippen LogP contribution >= 0.6 is 0 Å². The van der Waals surface area contributed by atoms with Gasteiger partial charge in [0.15, 0.2) is 0 Å². The third kappa shape index (κ3) is 4.51. The van der Waals surface area contributed by atoms with Gasteiger partial charge < -0.3 is 14.1 Å². The summed E-state index contributed by atoms with van der Waals surface area (Å²) in [6.07, 6.45) is 4.69. The fraction of sp³-hybridized carbons (Fsp3) is 0.261. The van der Waals surface area contributed by atoms with Crippen molar-refractivity contribution >= 4 is 33.9 Å². The number of benzene rings is 1. The first-order valence-corrected chi connectivity index (χ1v) is 10.3. The van der Waals surface area contributed by atoms with Crippen molar-refractivity contribution in [2.75, 3.05) is 13.2 Å². The minimum Gasteiger partial charge on any atom is -0.466 e. The first-order valence-electron chi connectivity index (χ1n) is 10.3. The molecule has 0 N–H and O–H groups in total. The zero-order valence-electron chi connectivity index (χ0n) is 17.6. The molecule has 0 aliphatic heterocycles. The lowest BCUT2D eigenvalue weighted by molar-refractivity contribution is -0.144. The number of carbonyl (C=O) groups is 2. The maximum atomic E-state index is 13.1. The number of furan rings is 1. The lowest BCUT2D eigenvalue weighted by Gasteiger charge is -2.22. The summed E-state index contributed by atoms with van der Waals surface area (Å²) < 4.78 is 11.9. The zero-order chi connectivity index (χ0) is 22.5. The van der Waals surface area contributed by atoms with E-state index in [-0.39, 0.29) is 50.1 Å². The Hall–Kier alpha value is -4.01. The van der Waals surface area contributed by atoms with Gasteiger partial charge in [-0.15, -0.1) is 0 Å². The van der Waals surface area contributed by atoms with Crippen molar-refractivity contribution in [3.63, 3.8) is 0 Å². The number of fused-ring (bicyclic) bond motifs is 3. The number of rotatable bonds is 8. The Morgan fingerprint density at radius 1 is 1.19 bits per heavy atom. The molecule has 4 aromatic rings. The van der Waals surface area contributed by atoms with E-state index in [4.69, 9.17) is 9.15 Å². The average molecular weight is 434 g/mol. The summed E-state index contributed by atoms with van der Waals surface area (Å²) in [6.45, 7) is 2.17. The van der Waals surface area contributed by atoms with Gasteiger partial charge in [-0.05, 0) is 30.7 Å². The Kier molecular flexibility index (Phi) is 6.25. The third-order valence-corrected chi connectivity index (χ3v) is 5.00. The largest absolute Gasteiger partial charge is 0.466 e. The van der Waals surface area contributed by atoms with E-state index in [2.05, 4.69) is 9.97 Å². The van der Waals surface area contributed by atoms with Gasteiger partial charge in [0.05, 0.1) is 19.4 Å². The second-order valence-electron chi connectivity index (χ2n) is 7.19. The van der Waals surface area contributed by atoms with Gasteiger partial charge in [0.1, 0.15) is 17.6 Å². The molecule has 9 nitrogen and oxygen atoms in total. The quantitative estimate of drug-likeness (QED) is 0.392. The molecule has 3 heterocycles. The molecule has 1 aromatic carbocycles. The van der Waals surface area contributed by atoms with E-state index >= 15 is 0 Å². The van der Waals surface area contributed by atoms with Crippen molar-refractivity contribution in [1.29, 1.82) is 0 Å². The first kappa shape index (κ1) is 21.2. The Bertz CT molecular complexity index is 1310. The smallest absolute Gasteiger partial charge is 0.307 e. The molecule has 0 aliphatic rings. The number of carbonyl (C=O) groups excluding carboxylic acids is 2. The maximum Gasteiger partial charge on any atom is 0.307 e. The molecule has 0 aliphatic carbocycles. The highest BCUT2D eigenvalue weighted by Crippen LogP contribution is 2.24. The van der Waals surface area contributed by atoms with Crippen LogP contribution in [-0.4, -0.2) is 44.5 Å². The molecular formula is C23H22N4O5. The summed E-state index contributed by atoms with van der Waals surface area (Å²) >= 11 is 0. The van der Waals surface area contributed by atoms with E-state index in [1.54, 1.807) is 31.5 Å². The van der Waals surface area contributed by atoms with Crippen molar-refractivity contribution in [2.24, 2.45) is 0 Å². The van der Waals surface area contributed by atoms with Crippen LogP contribution in [0.3, 0.4) is 0 Å². The zero-order valence-corrected chi connectivity index (χ0v) is 17.6. The summed E-state index contributed by atoms with van der Waals surface area (Å²) in [5.74, 6) is -0.725. The molecule has 4 rings (SSSR count). The Morgan fingerprint density at radius 3 is 2.81 bits per heavy atom. The van der Waals surface area contributed by atoms with E-state index in [0.717, 1.165) is 10.9 Å². The van der Waals surface area contributed by atoms with Crippen molar-refractivity contribution in [3.8, 4) is 0 Å². The van der Waals surface area contributed by atoms with Gasteiger partial charge >= 0.3 is 5.97 Å². The molecule has 0 radical (unpaired) electrons. The fourth-order valence-electron chi connectivity index (χ4n) is 3.44. The van der Waals surface area contributed by atoms with Crippen LogP contribution in [-0.2, 0) is 27.4 Å². The summed E-state index contributed by atoms with van der Waals surface area (Å²) in [4.78, 5) is 47.7. The second-order valence-corrected chi connectivity index (χ2v) is 7.19. The minimum absolute atomic E-state index is 0.0512. The Balaban J connectivity index is 1.58. The second kappa shape index (κ2) is 9.42. The van der Waals surface area contributed by atoms with Crippen molar-refractivity contribution in [3.05, 3.63) is 71.0 Å². The van der Waals surface area contributed by atoms with Crippen molar-refractivity contribution in [2.45, 2.75) is 26.4 Å². The predicted molar refractivity (Wildman–Crippen MR) is 117 cm³/mol. The lowest BCUT2D eigenvalue weighted by atomic mass is 10.2. The summed E-state index contributed by atoms with van der Waals surface area (Å²) in [5.41, 5.74) is 1.49. The maximum absolute atomic E-state index is 13.1. The summed E-state index contributed by atoms with van der Waals surface area (Å²) in [5, 5.41) is 0.741. The lowest BCUT2D eigenvalue weighted by Crippen LogP contribution is -2.37. The van der Waals surface area contributed by atoms with Crippen molar-refractivity contribution in [1.82, 2.24) is 19.4 Å². The van der Waals surface area contributed by atoms with Gasteiger partial charge in [0.2, 0.25) is 11.5 Å². The van der Waals surface area contributed by atoms with Crippen LogP contribution in [0.5, 0.6) is 0 Å². The molecule has 0 saturated carbocycles. The van der Waals surface area contributed by atoms with Crippen LogP contribution in [0.4, 0.5) is 0 Å². The molecule has 0 fully saturated rings. The number of para-hydroxylation sites is 1. The van der Waals surface area contributed by atoms with E-state index < -0.39 is 5.56 Å². The molecule has 0 atom stereocenters. The van der Waals surface area contributed by atoms with Gasteiger partial charge in [0.25, 0.3) is 5.56 Å². The van der Waals surface area contributed by atoms with Gasteiger partial charge in [-0.3, -0.25) is 23.9 Å². The molecule has 0 spiro atoms. The van der Waals surface area contributed by atoms with Crippen molar-refractivity contribution < 1.29 is 18.7 Å². The highest BCUT2D eigenvalue weighted by Gasteiger charge is 2.19. The number of amides is 1. The molecule has 32 heavy (non-hydrogen) atoms. The third-order valence-electron chi connectivity index (χ3n) is 5.00. The number of nitrogens with zero attached hydrogens (tertiary/aromatic N) is 4. The van der Waals surface area contributed by atoms with E-state index in [1.807, 2.05) is 24.3 Å². The monoisotopic (exact) mass is 434 g/mol. The standard InChI is InChI=1S/C23H22N4O5/c1-2-31-20(29)9-11-26(13-16-6-5-10-24-12-16)19(28)14-27-15-25-21-17-7-3-4-8-18(17)32-22(21)23(27)30/h3-8,10,12,15H,2,9,11,13-14H2,1H3. The molecule has 3 aromatic heterocycles. The van der Waals surface area contributed by atoms with E-state index in [0.29, 0.717) is 11.1 Å². The molecular weight excluding hydrogens is 412 g/mol. The van der Waals surface area contributed by atoms with E-state index in [9.17, 15) is 14.4 Å². The van der Waals surface area contributed by atoms with E-state index in [1.165, 1.54) is 15.8 Å². The van der Waals surface area contributed by atoms with Crippen LogP contribution in [0.2, 0.25) is 0 Å².